The summed E-state index contributed by atoms with van der Waals surface area (Å²) in [4.78, 5) is 20.7. The van der Waals surface area contributed by atoms with Gasteiger partial charge in [0.1, 0.15) is 17.4 Å². The average molecular weight is 311 g/mol. The van der Waals surface area contributed by atoms with E-state index >= 15 is 0 Å². The number of benzene rings is 1. The van der Waals surface area contributed by atoms with Crippen molar-refractivity contribution in [1.82, 2.24) is 24.0 Å². The Morgan fingerprint density at radius 1 is 1.18 bits per heavy atom. The molecular weight excluding hydrogens is 298 g/mol. The molecule has 1 aliphatic carbocycles. The minimum absolute atomic E-state index is 0.138. The van der Waals surface area contributed by atoms with Crippen molar-refractivity contribution < 1.29 is 4.79 Å². The molecule has 4 rings (SSSR count). The number of nitrogens with zero attached hydrogens (tertiary/aromatic N) is 4. The third-order valence-corrected chi connectivity index (χ3v) is 4.24. The Labute approximate surface area is 131 Å². The van der Waals surface area contributed by atoms with E-state index in [9.17, 15) is 4.79 Å². The summed E-state index contributed by atoms with van der Waals surface area (Å²) in [5.74, 6) is 0.443. The average Bonchev–Trinajstić information content (AvgIpc) is 3.30. The summed E-state index contributed by atoms with van der Waals surface area (Å²) in [6, 6.07) is 7.30. The first kappa shape index (κ1) is 13.3. The molecule has 0 radical (unpaired) electrons. The molecule has 1 saturated carbocycles. The number of aromatic nitrogens is 4. The van der Waals surface area contributed by atoms with Gasteiger partial charge in [-0.25, -0.2) is 9.97 Å². The molecule has 1 aromatic carbocycles. The van der Waals surface area contributed by atoms with Gasteiger partial charge in [0, 0.05) is 17.2 Å². The Balaban J connectivity index is 1.46. The van der Waals surface area contributed by atoms with Gasteiger partial charge in [-0.1, -0.05) is 0 Å². The van der Waals surface area contributed by atoms with Crippen molar-refractivity contribution in [2.24, 2.45) is 0 Å². The van der Waals surface area contributed by atoms with E-state index in [0.717, 1.165) is 34.1 Å². The van der Waals surface area contributed by atoms with E-state index in [-0.39, 0.29) is 5.91 Å². The highest BCUT2D eigenvalue weighted by atomic mass is 32.1. The molecule has 22 heavy (non-hydrogen) atoms. The molecule has 2 aromatic heterocycles. The summed E-state index contributed by atoms with van der Waals surface area (Å²) in [6.45, 7) is 0.397. The number of carbonyl (C=O) groups is 1. The first-order valence-electron chi connectivity index (χ1n) is 7.11. The minimum Gasteiger partial charge on any atom is -0.346 e. The zero-order chi connectivity index (χ0) is 14.9. The van der Waals surface area contributed by atoms with E-state index in [2.05, 4.69) is 24.0 Å². The van der Waals surface area contributed by atoms with Crippen molar-refractivity contribution in [3.63, 3.8) is 0 Å². The second-order valence-corrected chi connectivity index (χ2v) is 5.89. The first-order chi connectivity index (χ1) is 10.8. The lowest BCUT2D eigenvalue weighted by Gasteiger charge is -2.06. The number of fused-ring (bicyclic) bond motifs is 1. The van der Waals surface area contributed by atoms with Gasteiger partial charge in [0.2, 0.25) is 0 Å². The Bertz CT molecular complexity index is 843. The van der Waals surface area contributed by atoms with Gasteiger partial charge in [-0.3, -0.25) is 4.79 Å². The zero-order valence-electron chi connectivity index (χ0n) is 11.7. The maximum Gasteiger partial charge on any atom is 0.251 e. The van der Waals surface area contributed by atoms with E-state index in [0.29, 0.717) is 18.0 Å². The molecule has 2 heterocycles. The van der Waals surface area contributed by atoms with Gasteiger partial charge in [0.05, 0.1) is 24.0 Å². The fourth-order valence-electron chi connectivity index (χ4n) is 2.31. The van der Waals surface area contributed by atoms with Crippen molar-refractivity contribution in [3.8, 4) is 0 Å². The van der Waals surface area contributed by atoms with Crippen molar-refractivity contribution in [2.45, 2.75) is 25.3 Å². The number of hydrogen-bond acceptors (Lipinski definition) is 6. The summed E-state index contributed by atoms with van der Waals surface area (Å²) in [5, 5.41) is 2.88. The van der Waals surface area contributed by atoms with Gasteiger partial charge in [-0.15, -0.1) is 0 Å². The van der Waals surface area contributed by atoms with Crippen molar-refractivity contribution in [1.29, 1.82) is 0 Å². The van der Waals surface area contributed by atoms with Crippen molar-refractivity contribution >= 4 is 28.7 Å². The number of nitrogens with one attached hydrogen (secondary N) is 1. The molecule has 0 aliphatic heterocycles. The molecule has 6 nitrogen and oxygen atoms in total. The SMILES string of the molecule is O=C(NCc1cc(C2CC2)ncn1)c1ccc2nsnc2c1. The van der Waals surface area contributed by atoms with E-state index in [1.54, 1.807) is 18.5 Å². The second kappa shape index (κ2) is 5.42. The molecular formula is C15H13N5OS. The van der Waals surface area contributed by atoms with E-state index < -0.39 is 0 Å². The third kappa shape index (κ3) is 2.67. The standard InChI is InChI=1S/C15H13N5OS/c21-15(10-3-4-12-14(5-10)20-22-19-12)16-7-11-6-13(9-1-2-9)18-8-17-11/h3-6,8-9H,1-2,7H2,(H,16,21). The molecule has 7 heteroatoms. The zero-order valence-corrected chi connectivity index (χ0v) is 12.5. The van der Waals surface area contributed by atoms with Crippen LogP contribution in [-0.2, 0) is 6.54 Å². The fourth-order valence-corrected chi connectivity index (χ4v) is 2.83. The molecule has 0 atom stereocenters. The highest BCUT2D eigenvalue weighted by molar-refractivity contribution is 7.00. The molecule has 1 N–H and O–H groups in total. The molecule has 0 unspecified atom stereocenters. The lowest BCUT2D eigenvalue weighted by Crippen LogP contribution is -2.23. The van der Waals surface area contributed by atoms with Crippen LogP contribution in [0.15, 0.2) is 30.6 Å². The summed E-state index contributed by atoms with van der Waals surface area (Å²) in [5.41, 5.74) is 4.05. The predicted molar refractivity (Wildman–Crippen MR) is 82.6 cm³/mol. The third-order valence-electron chi connectivity index (χ3n) is 3.69. The maximum absolute atomic E-state index is 12.2. The first-order valence-corrected chi connectivity index (χ1v) is 7.84. The molecule has 0 saturated heterocycles. The molecule has 3 aromatic rings. The van der Waals surface area contributed by atoms with Crippen molar-refractivity contribution in [2.75, 3.05) is 0 Å². The summed E-state index contributed by atoms with van der Waals surface area (Å²) in [6.07, 6.45) is 3.97. The largest absolute Gasteiger partial charge is 0.346 e. The molecule has 1 aliphatic rings. The predicted octanol–water partition coefficient (Wildman–Crippen LogP) is 2.29. The van der Waals surface area contributed by atoms with E-state index in [1.807, 2.05) is 12.1 Å². The summed E-state index contributed by atoms with van der Waals surface area (Å²) < 4.78 is 8.27. The fraction of sp³-hybridized carbons (Fsp3) is 0.267. The van der Waals surface area contributed by atoms with Crippen LogP contribution < -0.4 is 5.32 Å². The molecule has 0 spiro atoms. The smallest absolute Gasteiger partial charge is 0.251 e. The number of hydrogen-bond donors (Lipinski definition) is 1. The Morgan fingerprint density at radius 2 is 2.05 bits per heavy atom. The Kier molecular flexibility index (Phi) is 3.27. The number of rotatable bonds is 4. The van der Waals surface area contributed by atoms with Crippen LogP contribution in [0.5, 0.6) is 0 Å². The van der Waals surface area contributed by atoms with Crippen LogP contribution in [0.25, 0.3) is 11.0 Å². The number of amides is 1. The molecule has 110 valence electrons. The van der Waals surface area contributed by atoms with Crippen LogP contribution in [0.3, 0.4) is 0 Å². The Morgan fingerprint density at radius 3 is 2.91 bits per heavy atom. The topological polar surface area (TPSA) is 80.7 Å². The van der Waals surface area contributed by atoms with Crippen molar-refractivity contribution in [3.05, 3.63) is 47.5 Å². The van der Waals surface area contributed by atoms with Crippen LogP contribution in [0, 0.1) is 0 Å². The number of carbonyl (C=O) groups excluding carboxylic acids is 1. The molecule has 1 fully saturated rings. The minimum atomic E-state index is -0.138. The van der Waals surface area contributed by atoms with Gasteiger partial charge in [0.25, 0.3) is 5.91 Å². The van der Waals surface area contributed by atoms with Crippen LogP contribution in [0.2, 0.25) is 0 Å². The van der Waals surface area contributed by atoms with E-state index in [1.165, 1.54) is 12.8 Å². The highest BCUT2D eigenvalue weighted by Crippen LogP contribution is 2.38. The quantitative estimate of drug-likeness (QED) is 0.799. The van der Waals surface area contributed by atoms with Gasteiger partial charge in [-0.2, -0.15) is 8.75 Å². The van der Waals surface area contributed by atoms with Gasteiger partial charge >= 0.3 is 0 Å². The molecule has 0 bridgehead atoms. The van der Waals surface area contributed by atoms with Crippen LogP contribution in [0.1, 0.15) is 40.5 Å². The van der Waals surface area contributed by atoms with Gasteiger partial charge < -0.3 is 5.32 Å². The van der Waals surface area contributed by atoms with Gasteiger partial charge in [0.15, 0.2) is 0 Å². The van der Waals surface area contributed by atoms with Gasteiger partial charge in [-0.05, 0) is 37.1 Å². The monoisotopic (exact) mass is 311 g/mol. The van der Waals surface area contributed by atoms with Crippen LogP contribution in [-0.4, -0.2) is 24.6 Å². The maximum atomic E-state index is 12.2. The van der Waals surface area contributed by atoms with Crippen LogP contribution >= 0.6 is 11.7 Å². The summed E-state index contributed by atoms with van der Waals surface area (Å²) >= 11 is 1.15. The highest BCUT2D eigenvalue weighted by Gasteiger charge is 2.25. The normalized spacial score (nSPS) is 14.2. The Hall–Kier alpha value is -2.41. The lowest BCUT2D eigenvalue weighted by atomic mass is 10.2. The lowest BCUT2D eigenvalue weighted by molar-refractivity contribution is 0.0950. The second-order valence-electron chi connectivity index (χ2n) is 5.36. The van der Waals surface area contributed by atoms with E-state index in [4.69, 9.17) is 0 Å². The molecule has 1 amide bonds. The van der Waals surface area contributed by atoms with Crippen LogP contribution in [0.4, 0.5) is 0 Å². The summed E-state index contributed by atoms with van der Waals surface area (Å²) in [7, 11) is 0.